The van der Waals surface area contributed by atoms with Gasteiger partial charge in [-0.3, -0.25) is 0 Å². The Morgan fingerprint density at radius 3 is 2.18 bits per heavy atom. The van der Waals surface area contributed by atoms with Crippen molar-refractivity contribution >= 4 is 0 Å². The van der Waals surface area contributed by atoms with Crippen LogP contribution in [-0.2, 0) is 9.47 Å². The third-order valence-corrected chi connectivity index (χ3v) is 4.39. The van der Waals surface area contributed by atoms with Crippen LogP contribution in [0.3, 0.4) is 0 Å². The van der Waals surface area contributed by atoms with E-state index in [0.717, 1.165) is 25.6 Å². The Bertz CT molecular complexity index is 260. The molecule has 1 heterocycles. The van der Waals surface area contributed by atoms with Gasteiger partial charge in [-0.15, -0.1) is 0 Å². The van der Waals surface area contributed by atoms with Crippen molar-refractivity contribution in [3.63, 3.8) is 0 Å². The summed E-state index contributed by atoms with van der Waals surface area (Å²) in [5.74, 6) is 1.66. The summed E-state index contributed by atoms with van der Waals surface area (Å²) in [6, 6.07) is 0. The van der Waals surface area contributed by atoms with Crippen LogP contribution < -0.4 is 0 Å². The maximum absolute atomic E-state index is 6.24. The molecular formula is C15H28O2. The van der Waals surface area contributed by atoms with Crippen LogP contribution in [0.15, 0.2) is 0 Å². The first-order valence-electron chi connectivity index (χ1n) is 7.13. The molecular weight excluding hydrogens is 212 g/mol. The Balaban J connectivity index is 2.14. The highest BCUT2D eigenvalue weighted by Gasteiger charge is 2.50. The quantitative estimate of drug-likeness (QED) is 0.693. The zero-order valence-corrected chi connectivity index (χ0v) is 12.1. The highest BCUT2D eigenvalue weighted by Crippen LogP contribution is 2.47. The molecule has 0 radical (unpaired) electrons. The van der Waals surface area contributed by atoms with Crippen molar-refractivity contribution < 1.29 is 9.47 Å². The molecule has 1 aliphatic carbocycles. The minimum Gasteiger partial charge on any atom is -0.349 e. The summed E-state index contributed by atoms with van der Waals surface area (Å²) in [7, 11) is 0. The summed E-state index contributed by atoms with van der Waals surface area (Å²) in [6.45, 7) is 13.0. The monoisotopic (exact) mass is 240 g/mol. The van der Waals surface area contributed by atoms with E-state index in [2.05, 4.69) is 34.6 Å². The smallest absolute Gasteiger partial charge is 0.171 e. The number of hydrogen-bond donors (Lipinski definition) is 0. The Labute approximate surface area is 106 Å². The summed E-state index contributed by atoms with van der Waals surface area (Å²) < 4.78 is 12.5. The molecule has 1 saturated carbocycles. The Hall–Kier alpha value is -0.0800. The van der Waals surface area contributed by atoms with E-state index >= 15 is 0 Å². The third kappa shape index (κ3) is 2.68. The molecule has 0 aromatic heterocycles. The molecule has 1 aliphatic heterocycles. The van der Waals surface area contributed by atoms with E-state index < -0.39 is 0 Å². The van der Waals surface area contributed by atoms with E-state index in [-0.39, 0.29) is 11.2 Å². The second kappa shape index (κ2) is 4.55. The predicted molar refractivity (Wildman–Crippen MR) is 69.8 cm³/mol. The van der Waals surface area contributed by atoms with Crippen molar-refractivity contribution in [2.24, 2.45) is 23.2 Å². The molecule has 0 aromatic carbocycles. The lowest BCUT2D eigenvalue weighted by molar-refractivity contribution is -0.342. The summed E-state index contributed by atoms with van der Waals surface area (Å²) in [4.78, 5) is 0. The zero-order valence-electron chi connectivity index (χ0n) is 12.1. The third-order valence-electron chi connectivity index (χ3n) is 4.39. The maximum Gasteiger partial charge on any atom is 0.171 e. The van der Waals surface area contributed by atoms with Crippen LogP contribution in [0.1, 0.15) is 53.9 Å². The summed E-state index contributed by atoms with van der Waals surface area (Å²) in [6.07, 6.45) is 3.64. The molecule has 2 aliphatic rings. The van der Waals surface area contributed by atoms with Gasteiger partial charge >= 0.3 is 0 Å². The summed E-state index contributed by atoms with van der Waals surface area (Å²) >= 11 is 0. The van der Waals surface area contributed by atoms with Crippen LogP contribution in [0, 0.1) is 23.2 Å². The van der Waals surface area contributed by atoms with Crippen LogP contribution in [-0.4, -0.2) is 19.0 Å². The topological polar surface area (TPSA) is 18.5 Å². The lowest BCUT2D eigenvalue weighted by atomic mass is 9.72. The average molecular weight is 240 g/mol. The first kappa shape index (κ1) is 13.4. The van der Waals surface area contributed by atoms with Crippen molar-refractivity contribution in [1.82, 2.24) is 0 Å². The standard InChI is InChI=1S/C15H28O2/c1-11(2)13-7-6-12(3)8-15(13)16-9-14(4,5)10-17-15/h11-13H,6-10H2,1-5H3/t12-,13-/m0/s1. The summed E-state index contributed by atoms with van der Waals surface area (Å²) in [5, 5.41) is 0. The van der Waals surface area contributed by atoms with E-state index in [1.807, 2.05) is 0 Å². The van der Waals surface area contributed by atoms with Gasteiger partial charge in [-0.2, -0.15) is 0 Å². The second-order valence-electron chi connectivity index (χ2n) is 7.29. The molecule has 2 fully saturated rings. The van der Waals surface area contributed by atoms with Gasteiger partial charge in [0.2, 0.25) is 0 Å². The molecule has 1 spiro atoms. The van der Waals surface area contributed by atoms with Crippen molar-refractivity contribution in [2.75, 3.05) is 13.2 Å². The van der Waals surface area contributed by atoms with Crippen LogP contribution in [0.5, 0.6) is 0 Å². The van der Waals surface area contributed by atoms with E-state index in [1.165, 1.54) is 12.8 Å². The van der Waals surface area contributed by atoms with Gasteiger partial charge < -0.3 is 9.47 Å². The molecule has 0 bridgehead atoms. The highest BCUT2D eigenvalue weighted by molar-refractivity contribution is 4.92. The second-order valence-corrected chi connectivity index (χ2v) is 7.29. The first-order valence-corrected chi connectivity index (χ1v) is 7.13. The van der Waals surface area contributed by atoms with Gasteiger partial charge in [0.25, 0.3) is 0 Å². The fourth-order valence-electron chi connectivity index (χ4n) is 3.31. The Morgan fingerprint density at radius 2 is 1.65 bits per heavy atom. The molecule has 0 unspecified atom stereocenters. The molecule has 1 saturated heterocycles. The molecule has 17 heavy (non-hydrogen) atoms. The summed E-state index contributed by atoms with van der Waals surface area (Å²) in [5.41, 5.74) is 0.174. The predicted octanol–water partition coefficient (Wildman–Crippen LogP) is 3.85. The van der Waals surface area contributed by atoms with E-state index in [1.54, 1.807) is 0 Å². The molecule has 2 heteroatoms. The van der Waals surface area contributed by atoms with Crippen molar-refractivity contribution in [2.45, 2.75) is 59.7 Å². The molecule has 2 atom stereocenters. The minimum atomic E-state index is -0.276. The van der Waals surface area contributed by atoms with E-state index in [9.17, 15) is 0 Å². The molecule has 2 nitrogen and oxygen atoms in total. The van der Waals surface area contributed by atoms with Crippen LogP contribution in [0.4, 0.5) is 0 Å². The van der Waals surface area contributed by atoms with Crippen molar-refractivity contribution in [3.8, 4) is 0 Å². The van der Waals surface area contributed by atoms with Crippen molar-refractivity contribution in [1.29, 1.82) is 0 Å². The van der Waals surface area contributed by atoms with Gasteiger partial charge in [0.1, 0.15) is 0 Å². The lowest BCUT2D eigenvalue weighted by Gasteiger charge is -2.52. The van der Waals surface area contributed by atoms with Crippen LogP contribution in [0.2, 0.25) is 0 Å². The van der Waals surface area contributed by atoms with Crippen LogP contribution in [0.25, 0.3) is 0 Å². The highest BCUT2D eigenvalue weighted by atomic mass is 16.7. The number of ether oxygens (including phenoxy) is 2. The number of rotatable bonds is 1. The van der Waals surface area contributed by atoms with Gasteiger partial charge in [-0.05, 0) is 18.3 Å². The zero-order chi connectivity index (χ0) is 12.7. The minimum absolute atomic E-state index is 0.174. The maximum atomic E-state index is 6.24. The average Bonchev–Trinajstić information content (AvgIpc) is 2.23. The SMILES string of the molecule is CC(C)[C@@H]1CC[C@H](C)CC12OCC(C)(C)CO2. The molecule has 100 valence electrons. The molecule has 0 aromatic rings. The lowest BCUT2D eigenvalue weighted by Crippen LogP contribution is -2.55. The Morgan fingerprint density at radius 1 is 1.06 bits per heavy atom. The van der Waals surface area contributed by atoms with Gasteiger partial charge in [0.05, 0.1) is 13.2 Å². The van der Waals surface area contributed by atoms with E-state index in [4.69, 9.17) is 9.47 Å². The number of hydrogen-bond acceptors (Lipinski definition) is 2. The molecule has 0 amide bonds. The Kier molecular flexibility index (Phi) is 3.57. The first-order chi connectivity index (χ1) is 7.85. The molecule has 0 N–H and O–H groups in total. The van der Waals surface area contributed by atoms with Crippen molar-refractivity contribution in [3.05, 3.63) is 0 Å². The van der Waals surface area contributed by atoms with Gasteiger partial charge in [-0.1, -0.05) is 41.0 Å². The van der Waals surface area contributed by atoms with E-state index in [0.29, 0.717) is 11.8 Å². The van der Waals surface area contributed by atoms with Gasteiger partial charge in [0, 0.05) is 17.8 Å². The van der Waals surface area contributed by atoms with Crippen LogP contribution >= 0.6 is 0 Å². The van der Waals surface area contributed by atoms with Gasteiger partial charge in [0.15, 0.2) is 5.79 Å². The largest absolute Gasteiger partial charge is 0.349 e. The van der Waals surface area contributed by atoms with Gasteiger partial charge in [-0.25, -0.2) is 0 Å². The normalized spacial score (nSPS) is 36.4. The fourth-order valence-corrected chi connectivity index (χ4v) is 3.31. The molecule has 2 rings (SSSR count). The fraction of sp³-hybridized carbons (Fsp3) is 1.00.